The van der Waals surface area contributed by atoms with Crippen molar-refractivity contribution in [2.24, 2.45) is 0 Å². The predicted molar refractivity (Wildman–Crippen MR) is 179 cm³/mol. The van der Waals surface area contributed by atoms with Crippen molar-refractivity contribution in [3.8, 4) is 17.2 Å². The molecule has 1 aromatic carbocycles. The zero-order valence-electron chi connectivity index (χ0n) is 29.9. The minimum atomic E-state index is -1.53. The van der Waals surface area contributed by atoms with E-state index in [1.165, 1.54) is 23.8 Å². The Balaban J connectivity index is 2.05. The summed E-state index contributed by atoms with van der Waals surface area (Å²) in [5, 5.41) is 0.262. The molecule has 0 N–H and O–H groups in total. The van der Waals surface area contributed by atoms with Gasteiger partial charge in [0.2, 0.25) is 12.4 Å². The third-order valence-electron chi connectivity index (χ3n) is 7.25. The minimum absolute atomic E-state index is 0.0109. The summed E-state index contributed by atoms with van der Waals surface area (Å²) in [6, 6.07) is 4.27. The first-order valence-corrected chi connectivity index (χ1v) is 16.3. The molecule has 1 fully saturated rings. The molecule has 0 unspecified atom stereocenters. The maximum Gasteiger partial charge on any atom is 0.383 e. The molecule has 1 aromatic heterocycles. The fourth-order valence-electron chi connectivity index (χ4n) is 5.00. The van der Waals surface area contributed by atoms with E-state index in [-0.39, 0.29) is 35.5 Å². The SMILES string of the molecule is CCC(=O)Oc1c(OC/C=C(\C)CCC=C(C)C)c2ccc(O[C@@H]3O[C@H](COC(C)=O)[C@H](OC(C)=O)[C@H](OC(C)=O)[C@H]3OC(C)=O)cc2oc1=O. The number of allylic oxidation sites excluding steroid dienone is 3. The first kappa shape index (κ1) is 40.3. The lowest BCUT2D eigenvalue weighted by atomic mass is 9.98. The van der Waals surface area contributed by atoms with Crippen LogP contribution in [0.3, 0.4) is 0 Å². The molecule has 15 heteroatoms. The molecule has 0 aliphatic carbocycles. The molecule has 2 aromatic rings. The molecule has 278 valence electrons. The fraction of sp³-hybridized carbons (Fsp3) is 0.500. The van der Waals surface area contributed by atoms with E-state index < -0.39 is 78.5 Å². The normalized spacial score (nSPS) is 20.1. The molecule has 1 aliphatic rings. The monoisotopic (exact) mass is 716 g/mol. The summed E-state index contributed by atoms with van der Waals surface area (Å²) in [5.74, 6) is -4.18. The van der Waals surface area contributed by atoms with Crippen molar-refractivity contribution in [2.45, 2.75) is 105 Å². The van der Waals surface area contributed by atoms with Crippen molar-refractivity contribution in [1.82, 2.24) is 0 Å². The Labute approximate surface area is 294 Å². The van der Waals surface area contributed by atoms with Crippen molar-refractivity contribution in [3.05, 3.63) is 51.9 Å². The maximum atomic E-state index is 13.1. The molecule has 5 atom stereocenters. The van der Waals surface area contributed by atoms with Crippen LogP contribution in [-0.2, 0) is 47.7 Å². The molecule has 0 radical (unpaired) electrons. The Morgan fingerprint density at radius 1 is 0.804 bits per heavy atom. The van der Waals surface area contributed by atoms with Gasteiger partial charge in [-0.25, -0.2) is 4.79 Å². The van der Waals surface area contributed by atoms with Crippen LogP contribution < -0.4 is 19.8 Å². The van der Waals surface area contributed by atoms with E-state index in [2.05, 4.69) is 6.08 Å². The van der Waals surface area contributed by atoms with Gasteiger partial charge in [-0.3, -0.25) is 24.0 Å². The Morgan fingerprint density at radius 2 is 1.45 bits per heavy atom. The molecule has 0 amide bonds. The lowest BCUT2D eigenvalue weighted by molar-refractivity contribution is -0.288. The molecule has 3 rings (SSSR count). The van der Waals surface area contributed by atoms with Gasteiger partial charge in [-0.05, 0) is 51.8 Å². The highest BCUT2D eigenvalue weighted by atomic mass is 16.7. The number of esters is 5. The average molecular weight is 717 g/mol. The van der Waals surface area contributed by atoms with Crippen molar-refractivity contribution in [3.63, 3.8) is 0 Å². The molecule has 15 nitrogen and oxygen atoms in total. The van der Waals surface area contributed by atoms with Gasteiger partial charge in [0, 0.05) is 40.2 Å². The maximum absolute atomic E-state index is 13.1. The summed E-state index contributed by atoms with van der Waals surface area (Å²) in [4.78, 5) is 73.4. The van der Waals surface area contributed by atoms with Crippen LogP contribution in [0.4, 0.5) is 0 Å². The van der Waals surface area contributed by atoms with Gasteiger partial charge in [0.15, 0.2) is 18.0 Å². The summed E-state index contributed by atoms with van der Waals surface area (Å²) < 4.78 is 50.2. The Hall–Kier alpha value is -5.18. The first-order chi connectivity index (χ1) is 24.1. The first-order valence-electron chi connectivity index (χ1n) is 16.3. The number of carbonyl (C=O) groups is 5. The van der Waals surface area contributed by atoms with Gasteiger partial charge in [-0.15, -0.1) is 0 Å². The van der Waals surface area contributed by atoms with Gasteiger partial charge in [0.25, 0.3) is 5.75 Å². The Morgan fingerprint density at radius 3 is 2.06 bits per heavy atom. The van der Waals surface area contributed by atoms with Crippen molar-refractivity contribution in [2.75, 3.05) is 13.2 Å². The topological polar surface area (TPSA) is 189 Å². The smallest absolute Gasteiger partial charge is 0.383 e. The molecule has 2 heterocycles. The molecule has 1 saturated heterocycles. The van der Waals surface area contributed by atoms with Crippen LogP contribution in [-0.4, -0.2) is 73.8 Å². The average Bonchev–Trinajstić information content (AvgIpc) is 3.03. The zero-order valence-corrected chi connectivity index (χ0v) is 29.9. The highest BCUT2D eigenvalue weighted by molar-refractivity contribution is 5.88. The zero-order chi connectivity index (χ0) is 37.8. The van der Waals surface area contributed by atoms with Crippen LogP contribution in [0.5, 0.6) is 17.2 Å². The second kappa shape index (κ2) is 18.7. The second-order valence-corrected chi connectivity index (χ2v) is 11.9. The number of rotatable bonds is 15. The van der Waals surface area contributed by atoms with E-state index in [1.54, 1.807) is 6.92 Å². The number of hydrogen-bond acceptors (Lipinski definition) is 15. The van der Waals surface area contributed by atoms with Gasteiger partial charge in [-0.1, -0.05) is 24.1 Å². The summed E-state index contributed by atoms with van der Waals surface area (Å²) in [6.07, 6.45) is -1.49. The lowest BCUT2D eigenvalue weighted by Gasteiger charge is -2.43. The van der Waals surface area contributed by atoms with E-state index in [0.29, 0.717) is 0 Å². The molecule has 0 bridgehead atoms. The van der Waals surface area contributed by atoms with Gasteiger partial charge in [-0.2, -0.15) is 0 Å². The summed E-state index contributed by atoms with van der Waals surface area (Å²) in [7, 11) is 0. The van der Waals surface area contributed by atoms with E-state index in [1.807, 2.05) is 26.8 Å². The van der Waals surface area contributed by atoms with Gasteiger partial charge in [0.05, 0.1) is 5.39 Å². The van der Waals surface area contributed by atoms with E-state index in [0.717, 1.165) is 46.1 Å². The molecule has 1 aliphatic heterocycles. The largest absolute Gasteiger partial charge is 0.485 e. The quantitative estimate of drug-likeness (QED) is 0.107. The predicted octanol–water partition coefficient (Wildman–Crippen LogP) is 4.64. The highest BCUT2D eigenvalue weighted by Gasteiger charge is 2.53. The third-order valence-corrected chi connectivity index (χ3v) is 7.25. The summed E-state index contributed by atoms with van der Waals surface area (Å²) in [6.45, 7) is 11.6. The highest BCUT2D eigenvalue weighted by Crippen LogP contribution is 2.37. The van der Waals surface area contributed by atoms with Crippen LogP contribution >= 0.6 is 0 Å². The van der Waals surface area contributed by atoms with Crippen molar-refractivity contribution >= 4 is 40.8 Å². The number of carbonyl (C=O) groups excluding carboxylic acids is 5. The van der Waals surface area contributed by atoms with Gasteiger partial charge < -0.3 is 42.3 Å². The van der Waals surface area contributed by atoms with Crippen LogP contribution in [0.25, 0.3) is 11.0 Å². The number of fused-ring (bicyclic) bond motifs is 1. The van der Waals surface area contributed by atoms with Crippen LogP contribution in [0.15, 0.2) is 50.7 Å². The van der Waals surface area contributed by atoms with Crippen molar-refractivity contribution in [1.29, 1.82) is 0 Å². The van der Waals surface area contributed by atoms with E-state index >= 15 is 0 Å². The minimum Gasteiger partial charge on any atom is -0.485 e. The van der Waals surface area contributed by atoms with Gasteiger partial charge in [0.1, 0.15) is 30.7 Å². The Bertz CT molecular complexity index is 1710. The fourth-order valence-corrected chi connectivity index (χ4v) is 5.00. The van der Waals surface area contributed by atoms with Crippen LogP contribution in [0, 0.1) is 0 Å². The lowest BCUT2D eigenvalue weighted by Crippen LogP contribution is -2.63. The van der Waals surface area contributed by atoms with Gasteiger partial charge >= 0.3 is 35.5 Å². The third kappa shape index (κ3) is 12.0. The molecular weight excluding hydrogens is 672 g/mol. The number of ether oxygens (including phenoxy) is 8. The standard InChI is InChI=1S/C36H44O15/c1-9-29(41)51-33-30(43-16-15-20(4)12-10-11-19(2)3)26-14-13-25(17-27(26)49-35(33)42)48-36-34(47-24(8)40)32(46-23(7)39)31(45-22(6)38)28(50-36)18-44-21(5)37/h11,13-15,17,28,31-32,34,36H,9-10,12,16,18H2,1-8H3/b20-15+/t28-,31+,32+,34-,36-/m1/s1. The Kier molecular flexibility index (Phi) is 14.8. The molecular formula is C36H44O15. The van der Waals surface area contributed by atoms with Crippen molar-refractivity contribution < 1.29 is 66.3 Å². The molecule has 0 spiro atoms. The van der Waals surface area contributed by atoms with E-state index in [4.69, 9.17) is 42.3 Å². The summed E-state index contributed by atoms with van der Waals surface area (Å²) in [5.41, 5.74) is 1.24. The molecule has 0 saturated carbocycles. The molecule has 51 heavy (non-hydrogen) atoms. The van der Waals surface area contributed by atoms with E-state index in [9.17, 15) is 28.8 Å². The summed E-state index contributed by atoms with van der Waals surface area (Å²) >= 11 is 0. The van der Waals surface area contributed by atoms with Crippen LogP contribution in [0.2, 0.25) is 0 Å². The number of hydrogen-bond donors (Lipinski definition) is 0. The van der Waals surface area contributed by atoms with Crippen LogP contribution in [0.1, 0.15) is 74.7 Å². The number of benzene rings is 1. The second-order valence-electron chi connectivity index (χ2n) is 11.9.